The Morgan fingerprint density at radius 1 is 0.493 bits per heavy atom. The van der Waals surface area contributed by atoms with Crippen LogP contribution in [0.3, 0.4) is 0 Å². The molecule has 8 aliphatic carbocycles. The standard InChI is InChI=1S/2C20H30O2.2C10H9O2.Ti/c2*1-18-9-6-14(21)12-13(18)4-5-15-16(18)7-10-19(2)17(15)8-11-20(19,3)22;2*1-8(11)7-10(12)9-5-3-2-4-6-9;/h2*12,15-17,22H,4-11H2,1-3H3;2*2-7H,1H3;/q;;2*-1;/p+6. The quantitative estimate of drug-likeness (QED) is 0.0925. The van der Waals surface area contributed by atoms with E-state index in [2.05, 4.69) is 41.5 Å². The van der Waals surface area contributed by atoms with Crippen LogP contribution in [0.4, 0.5) is 0 Å². The molecule has 8 aliphatic rings. The van der Waals surface area contributed by atoms with Crippen molar-refractivity contribution >= 4 is 34.7 Å². The second-order valence-corrected chi connectivity index (χ2v) is 23.7. The van der Waals surface area contributed by atoms with Crippen LogP contribution in [0.1, 0.15) is 169 Å². The molecule has 0 bridgehead atoms. The fourth-order valence-corrected chi connectivity index (χ4v) is 15.4. The van der Waals surface area contributed by atoms with Crippen molar-refractivity contribution in [1.29, 1.82) is 0 Å². The van der Waals surface area contributed by atoms with E-state index in [1.54, 1.807) is 24.3 Å². The number of carbonyl (C=O) groups is 2. The van der Waals surface area contributed by atoms with Gasteiger partial charge in [0.1, 0.15) is 0 Å². The molecule has 12 atom stereocenters. The van der Waals surface area contributed by atoms with E-state index in [9.17, 15) is 19.2 Å². The molecular formula is C60H84O8Ti+4. The summed E-state index contributed by atoms with van der Waals surface area (Å²) >= 11 is 0. The Labute approximate surface area is 427 Å². The van der Waals surface area contributed by atoms with Gasteiger partial charge in [0.25, 0.3) is 0 Å². The summed E-state index contributed by atoms with van der Waals surface area (Å²) in [5.74, 6) is 5.63. The molecule has 0 aliphatic heterocycles. The van der Waals surface area contributed by atoms with Crippen LogP contribution in [-0.4, -0.2) is 75.3 Å². The van der Waals surface area contributed by atoms with Crippen LogP contribution < -0.4 is 0 Å². The topological polar surface area (TPSA) is 166 Å². The van der Waals surface area contributed by atoms with Gasteiger partial charge >= 0.3 is 0 Å². The normalized spacial score (nSPS) is 37.8. The molecule has 0 spiro atoms. The molecule has 9 heteroatoms. The van der Waals surface area contributed by atoms with Crippen molar-refractivity contribution in [1.82, 2.24) is 0 Å². The number of hydrogen-bond donors (Lipinski definition) is 0. The van der Waals surface area contributed by atoms with Crippen LogP contribution in [0.25, 0.3) is 0 Å². The molecule has 0 radical (unpaired) electrons. The van der Waals surface area contributed by atoms with E-state index >= 15 is 0 Å². The minimum absolute atomic E-state index is 0. The summed E-state index contributed by atoms with van der Waals surface area (Å²) in [4.78, 5) is 60.1. The third-order valence-electron chi connectivity index (χ3n) is 20.0. The van der Waals surface area contributed by atoms with Crippen LogP contribution in [0.15, 0.2) is 84.0 Å². The Hall–Kier alpha value is -3.69. The van der Waals surface area contributed by atoms with Crippen molar-refractivity contribution in [2.45, 2.75) is 169 Å². The molecule has 0 saturated heterocycles. The van der Waals surface area contributed by atoms with E-state index in [4.69, 9.17) is 19.8 Å². The summed E-state index contributed by atoms with van der Waals surface area (Å²) in [6.07, 6.45) is 24.7. The van der Waals surface area contributed by atoms with E-state index in [1.807, 2.05) is 48.6 Å². The molecule has 2 aromatic rings. The van der Waals surface area contributed by atoms with E-state index in [0.29, 0.717) is 22.7 Å². The largest absolute Gasteiger partial charge is 0.441 e. The summed E-state index contributed by atoms with van der Waals surface area (Å²) in [6, 6.07) is 18.1. The average molecular weight is 981 g/mol. The van der Waals surface area contributed by atoms with Crippen LogP contribution in [-0.2, 0) is 31.3 Å². The van der Waals surface area contributed by atoms with Crippen molar-refractivity contribution < 1.29 is 60.7 Å². The van der Waals surface area contributed by atoms with Crippen LogP contribution in [0.5, 0.6) is 0 Å². The number of ketones is 6. The van der Waals surface area contributed by atoms with Gasteiger partial charge in [0.05, 0.1) is 0 Å². The Morgan fingerprint density at radius 3 is 1.16 bits per heavy atom. The van der Waals surface area contributed by atoms with Gasteiger partial charge in [-0.3, -0.25) is 19.2 Å². The van der Waals surface area contributed by atoms with E-state index < -0.39 is 0 Å². The van der Waals surface area contributed by atoms with Crippen molar-refractivity contribution in [2.24, 2.45) is 57.2 Å². The molecule has 6 saturated carbocycles. The number of allylic oxidation sites excluding steroid dienone is 2. The third-order valence-corrected chi connectivity index (χ3v) is 20.0. The van der Waals surface area contributed by atoms with Crippen LogP contribution in [0.2, 0.25) is 0 Å². The first-order valence-corrected chi connectivity index (χ1v) is 25.9. The molecule has 10 rings (SSSR count). The molecule has 12 unspecified atom stereocenters. The molecule has 6 fully saturated rings. The van der Waals surface area contributed by atoms with Crippen molar-refractivity contribution in [3.05, 3.63) is 108 Å². The number of benzene rings is 2. The summed E-state index contributed by atoms with van der Waals surface area (Å²) < 4.78 is 0. The zero-order chi connectivity index (χ0) is 49.5. The Morgan fingerprint density at radius 2 is 0.826 bits per heavy atom. The molecule has 0 aromatic heterocycles. The van der Waals surface area contributed by atoms with Crippen molar-refractivity contribution in [3.8, 4) is 0 Å². The Kier molecular flexibility index (Phi) is 16.8. The molecular weight excluding hydrogens is 897 g/mol. The van der Waals surface area contributed by atoms with Gasteiger partial charge in [0.2, 0.25) is 23.1 Å². The van der Waals surface area contributed by atoms with Crippen molar-refractivity contribution in [2.75, 3.05) is 0 Å². The summed E-state index contributed by atoms with van der Waals surface area (Å²) in [5, 5.41) is 17.6. The first-order chi connectivity index (χ1) is 32.0. The minimum Gasteiger partial charge on any atom is -0.441 e. The predicted molar refractivity (Wildman–Crippen MR) is 276 cm³/mol. The zero-order valence-corrected chi connectivity index (χ0v) is 44.5. The van der Waals surface area contributed by atoms with Gasteiger partial charge in [-0.1, -0.05) is 86.4 Å². The van der Waals surface area contributed by atoms with Crippen LogP contribution >= 0.6 is 0 Å². The monoisotopic (exact) mass is 981 g/mol. The second kappa shape index (κ2) is 21.2. The van der Waals surface area contributed by atoms with E-state index in [1.165, 1.54) is 89.2 Å². The zero-order valence-electron chi connectivity index (χ0n) is 43.0. The van der Waals surface area contributed by atoms with Gasteiger partial charge in [-0.05, 0) is 148 Å². The molecule has 8 N–H and O–H groups in total. The maximum atomic E-state index is 11.8. The van der Waals surface area contributed by atoms with Gasteiger partial charge in [-0.15, -0.1) is 24.3 Å². The van der Waals surface area contributed by atoms with Gasteiger partial charge in [0, 0.05) is 85.9 Å². The number of hydrogen-bond acceptors (Lipinski definition) is 2. The smallest absolute Gasteiger partial charge is 0.247 e. The van der Waals surface area contributed by atoms with Gasteiger partial charge < -0.3 is 19.8 Å². The van der Waals surface area contributed by atoms with Gasteiger partial charge in [-0.2, -0.15) is 0 Å². The molecule has 372 valence electrons. The number of rotatable bonds is 6. The summed E-state index contributed by atoms with van der Waals surface area (Å²) in [5.41, 5.74) is 4.84. The summed E-state index contributed by atoms with van der Waals surface area (Å²) in [6.45, 7) is 17.1. The molecule has 0 heterocycles. The Balaban J connectivity index is 0.000000157. The van der Waals surface area contributed by atoms with Crippen LogP contribution in [0, 0.1) is 70.0 Å². The maximum absolute atomic E-state index is 11.8. The molecule has 2 aromatic carbocycles. The Bertz CT molecular complexity index is 2150. The second-order valence-electron chi connectivity index (χ2n) is 23.7. The summed E-state index contributed by atoms with van der Waals surface area (Å²) in [7, 11) is 0. The van der Waals surface area contributed by atoms with E-state index in [-0.39, 0.29) is 77.7 Å². The number of fused-ring (bicyclic) bond motifs is 10. The fourth-order valence-electron chi connectivity index (χ4n) is 15.4. The van der Waals surface area contributed by atoms with Crippen molar-refractivity contribution in [3.63, 3.8) is 0 Å². The molecule has 0 amide bonds. The minimum atomic E-state index is -0.234. The predicted octanol–water partition coefficient (Wildman–Crippen LogP) is 10.7. The van der Waals surface area contributed by atoms with Gasteiger partial charge in [-0.25, -0.2) is 0 Å². The van der Waals surface area contributed by atoms with E-state index in [0.717, 1.165) is 86.9 Å². The fraction of sp³-hybridized carbons (Fsp3) is 0.600. The average Bonchev–Trinajstić information content (AvgIpc) is 3.70. The first kappa shape index (κ1) is 54.6. The molecule has 69 heavy (non-hydrogen) atoms. The van der Waals surface area contributed by atoms with Gasteiger partial charge in [0.15, 0.2) is 22.8 Å². The maximum Gasteiger partial charge on any atom is 0.247 e. The first-order valence-electron chi connectivity index (χ1n) is 25.9. The SMILES string of the molecule is CC(=[OH+])[CH-]C(=[OH+])c1ccccc1.CC(=[OH+])[CH-]C(=[OH+])c1ccccc1.CC12CCC(=O)C=C1CCC1C2CCC2(C)C1CCC2(C)[OH2+].CC12CCC(=O)C=C1CCC1C2CCC2(C)C1CCC2(C)[OH2+].[Ti]. The number of carbonyl (C=O) groups excluding carboxylic acids is 6. The third kappa shape index (κ3) is 10.8. The molecule has 8 nitrogen and oxygen atoms in total.